The van der Waals surface area contributed by atoms with Gasteiger partial charge < -0.3 is 29.5 Å². The van der Waals surface area contributed by atoms with Crippen molar-refractivity contribution < 1.29 is 28.9 Å². The Morgan fingerprint density at radius 3 is 2.74 bits per heavy atom. The summed E-state index contributed by atoms with van der Waals surface area (Å²) in [5, 5.41) is 13.2. The summed E-state index contributed by atoms with van der Waals surface area (Å²) < 4.78 is 18.1. The SMILES string of the molecule is COc1cc2c3cc1Oc1ccc(O)c(c1)C(=O)NCCCOc1cccc(c1)C2N(C(=O)CSc1ccccc1)CC3. The van der Waals surface area contributed by atoms with Crippen LogP contribution in [0.25, 0.3) is 0 Å². The second-order valence-corrected chi connectivity index (χ2v) is 11.4. The zero-order valence-corrected chi connectivity index (χ0v) is 24.6. The maximum absolute atomic E-state index is 13.8. The number of fused-ring (bicyclic) bond motifs is 6. The standard InChI is InChI=1S/C34H32N2O6S/c1-40-30-20-27-22-13-15-36(32(38)21-43-26-9-3-2-4-10-26)33(27)23-7-5-8-24(17-23)41-16-6-14-35-34(39)28-19-25(11-12-29(28)37)42-31(30)18-22/h2-5,7-12,17-20,33,37H,6,13-16,21H2,1H3,(H,35,39). The Hall–Kier alpha value is -4.63. The quantitative estimate of drug-likeness (QED) is 0.280. The van der Waals surface area contributed by atoms with E-state index in [1.165, 1.54) is 23.9 Å². The highest BCUT2D eigenvalue weighted by Crippen LogP contribution is 2.43. The number of carbonyl (C=O) groups excluding carboxylic acids is 2. The van der Waals surface area contributed by atoms with Crippen LogP contribution in [-0.2, 0) is 11.2 Å². The number of aromatic hydroxyl groups is 1. The van der Waals surface area contributed by atoms with Crippen molar-refractivity contribution >= 4 is 23.6 Å². The Bertz CT molecular complexity index is 1640. The van der Waals surface area contributed by atoms with Gasteiger partial charge in [-0.15, -0.1) is 11.8 Å². The molecule has 220 valence electrons. The van der Waals surface area contributed by atoms with Crippen molar-refractivity contribution in [2.75, 3.05) is 32.6 Å². The molecule has 4 aromatic rings. The van der Waals surface area contributed by atoms with Crippen LogP contribution in [0.4, 0.5) is 0 Å². The normalized spacial score (nSPS) is 16.3. The highest BCUT2D eigenvalue weighted by molar-refractivity contribution is 8.00. The number of methoxy groups -OCH3 is 1. The van der Waals surface area contributed by atoms with Gasteiger partial charge in [0.1, 0.15) is 17.2 Å². The number of nitrogens with zero attached hydrogens (tertiary/aromatic N) is 1. The fraction of sp³-hybridized carbons (Fsp3) is 0.235. The van der Waals surface area contributed by atoms with Crippen LogP contribution in [0.1, 0.15) is 39.5 Å². The summed E-state index contributed by atoms with van der Waals surface area (Å²) in [5.74, 6) is 1.87. The van der Waals surface area contributed by atoms with E-state index in [-0.39, 0.29) is 23.3 Å². The Morgan fingerprint density at radius 2 is 1.91 bits per heavy atom. The molecule has 1 atom stereocenters. The third-order valence-corrected chi connectivity index (χ3v) is 8.57. The number of ether oxygens (including phenoxy) is 3. The van der Waals surface area contributed by atoms with E-state index in [4.69, 9.17) is 14.2 Å². The summed E-state index contributed by atoms with van der Waals surface area (Å²) in [7, 11) is 1.57. The number of hydrogen-bond acceptors (Lipinski definition) is 7. The van der Waals surface area contributed by atoms with Gasteiger partial charge in [-0.25, -0.2) is 0 Å². The molecule has 0 spiro atoms. The molecule has 7 rings (SSSR count). The molecule has 0 saturated carbocycles. The molecule has 3 aliphatic heterocycles. The van der Waals surface area contributed by atoms with Crippen molar-refractivity contribution in [1.82, 2.24) is 10.2 Å². The average molecular weight is 597 g/mol. The van der Waals surface area contributed by atoms with E-state index in [1.807, 2.05) is 71.6 Å². The molecule has 4 aromatic carbocycles. The van der Waals surface area contributed by atoms with Crippen LogP contribution in [-0.4, -0.2) is 54.4 Å². The summed E-state index contributed by atoms with van der Waals surface area (Å²) in [6, 6.07) is 25.8. The number of benzene rings is 4. The van der Waals surface area contributed by atoms with E-state index in [1.54, 1.807) is 13.2 Å². The number of nitrogens with one attached hydrogen (secondary N) is 1. The minimum atomic E-state index is -0.401. The largest absolute Gasteiger partial charge is 0.507 e. The predicted octanol–water partition coefficient (Wildman–Crippen LogP) is 5.97. The van der Waals surface area contributed by atoms with Crippen LogP contribution >= 0.6 is 11.8 Å². The monoisotopic (exact) mass is 596 g/mol. The second-order valence-electron chi connectivity index (χ2n) is 10.4. The first kappa shape index (κ1) is 28.5. The first-order chi connectivity index (χ1) is 21.0. The zero-order chi connectivity index (χ0) is 29.8. The van der Waals surface area contributed by atoms with Crippen molar-refractivity contribution in [3.8, 4) is 28.7 Å². The van der Waals surface area contributed by atoms with Gasteiger partial charge in [-0.3, -0.25) is 9.59 Å². The lowest BCUT2D eigenvalue weighted by Crippen LogP contribution is -2.41. The first-order valence-electron chi connectivity index (χ1n) is 14.2. The minimum absolute atomic E-state index is 0.0459. The van der Waals surface area contributed by atoms with Crippen molar-refractivity contribution in [1.29, 1.82) is 0 Å². The minimum Gasteiger partial charge on any atom is -0.507 e. The molecule has 2 amide bonds. The average Bonchev–Trinajstić information content (AvgIpc) is 3.03. The van der Waals surface area contributed by atoms with Gasteiger partial charge in [0.25, 0.3) is 5.91 Å². The van der Waals surface area contributed by atoms with Crippen LogP contribution in [0.15, 0.2) is 89.8 Å². The molecular weight excluding hydrogens is 564 g/mol. The molecule has 0 radical (unpaired) electrons. The summed E-state index contributed by atoms with van der Waals surface area (Å²) in [5.41, 5.74) is 3.04. The van der Waals surface area contributed by atoms with Gasteiger partial charge in [0, 0.05) is 18.0 Å². The molecule has 0 fully saturated rings. The topological polar surface area (TPSA) is 97.3 Å². The molecule has 0 aromatic heterocycles. The number of rotatable bonds is 4. The highest BCUT2D eigenvalue weighted by Gasteiger charge is 2.34. The first-order valence-corrected chi connectivity index (χ1v) is 15.2. The van der Waals surface area contributed by atoms with E-state index in [2.05, 4.69) is 5.32 Å². The number of phenols is 1. The lowest BCUT2D eigenvalue weighted by molar-refractivity contribution is -0.130. The molecular formula is C34H32N2O6S. The van der Waals surface area contributed by atoms with Crippen molar-refractivity contribution in [3.63, 3.8) is 0 Å². The van der Waals surface area contributed by atoms with Crippen LogP contribution < -0.4 is 19.5 Å². The van der Waals surface area contributed by atoms with E-state index < -0.39 is 5.91 Å². The smallest absolute Gasteiger partial charge is 0.255 e. The number of thioether (sulfide) groups is 1. The van der Waals surface area contributed by atoms with E-state index in [0.29, 0.717) is 61.3 Å². The summed E-state index contributed by atoms with van der Waals surface area (Å²) in [4.78, 5) is 29.6. The van der Waals surface area contributed by atoms with Crippen molar-refractivity contribution in [3.05, 3.63) is 107 Å². The van der Waals surface area contributed by atoms with Crippen molar-refractivity contribution in [2.24, 2.45) is 0 Å². The summed E-state index contributed by atoms with van der Waals surface area (Å²) in [6.45, 7) is 1.28. The molecule has 8 bridgehead atoms. The molecule has 3 heterocycles. The van der Waals surface area contributed by atoms with E-state index in [9.17, 15) is 14.7 Å². The molecule has 1 unspecified atom stereocenters. The maximum atomic E-state index is 13.8. The van der Waals surface area contributed by atoms with Crippen LogP contribution in [0.2, 0.25) is 0 Å². The Labute approximate surface area is 254 Å². The highest BCUT2D eigenvalue weighted by atomic mass is 32.2. The second kappa shape index (κ2) is 12.7. The van der Waals surface area contributed by atoms with Gasteiger partial charge >= 0.3 is 0 Å². The Kier molecular flexibility index (Phi) is 8.42. The molecule has 43 heavy (non-hydrogen) atoms. The lowest BCUT2D eigenvalue weighted by atomic mass is 9.87. The Balaban J connectivity index is 1.41. The summed E-state index contributed by atoms with van der Waals surface area (Å²) >= 11 is 1.53. The van der Waals surface area contributed by atoms with E-state index in [0.717, 1.165) is 21.6 Å². The number of carbonyl (C=O) groups is 2. The molecule has 8 nitrogen and oxygen atoms in total. The molecule has 3 aliphatic rings. The van der Waals surface area contributed by atoms with Crippen molar-refractivity contribution in [2.45, 2.75) is 23.8 Å². The van der Waals surface area contributed by atoms with Gasteiger partial charge in [0.15, 0.2) is 11.5 Å². The number of amides is 2. The van der Waals surface area contributed by atoms with Crippen LogP contribution in [0.3, 0.4) is 0 Å². The number of hydrogen-bond donors (Lipinski definition) is 2. The zero-order valence-electron chi connectivity index (χ0n) is 23.7. The van der Waals surface area contributed by atoms with Gasteiger partial charge in [0.05, 0.1) is 31.1 Å². The molecule has 9 heteroatoms. The number of phenolic OH excluding ortho intramolecular Hbond substituents is 1. The maximum Gasteiger partial charge on any atom is 0.255 e. The molecule has 0 aliphatic carbocycles. The van der Waals surface area contributed by atoms with Gasteiger partial charge in [0.2, 0.25) is 5.91 Å². The fourth-order valence-electron chi connectivity index (χ4n) is 5.46. The van der Waals surface area contributed by atoms with E-state index >= 15 is 0 Å². The Morgan fingerprint density at radius 1 is 1.05 bits per heavy atom. The third kappa shape index (κ3) is 6.27. The fourth-order valence-corrected chi connectivity index (χ4v) is 6.27. The third-order valence-electron chi connectivity index (χ3n) is 7.57. The predicted molar refractivity (Wildman–Crippen MR) is 164 cm³/mol. The van der Waals surface area contributed by atoms with Crippen LogP contribution in [0, 0.1) is 0 Å². The summed E-state index contributed by atoms with van der Waals surface area (Å²) in [6.07, 6.45) is 1.20. The van der Waals surface area contributed by atoms with Gasteiger partial charge in [-0.2, -0.15) is 0 Å². The van der Waals surface area contributed by atoms with Gasteiger partial charge in [-0.05, 0) is 84.1 Å². The molecule has 0 saturated heterocycles. The lowest BCUT2D eigenvalue weighted by Gasteiger charge is -2.38. The van der Waals surface area contributed by atoms with Crippen LogP contribution in [0.5, 0.6) is 28.7 Å². The van der Waals surface area contributed by atoms with Gasteiger partial charge in [-0.1, -0.05) is 30.3 Å². The molecule has 2 N–H and O–H groups in total.